The molecule has 178 valence electrons. The molecule has 0 radical (unpaired) electrons. The summed E-state index contributed by atoms with van der Waals surface area (Å²) in [5, 5.41) is 5.19. The number of piperidine rings is 1. The molecule has 2 fully saturated rings. The highest BCUT2D eigenvalue weighted by Gasteiger charge is 2.51. The van der Waals surface area contributed by atoms with Crippen LogP contribution >= 0.6 is 0 Å². The van der Waals surface area contributed by atoms with Crippen LogP contribution in [0.2, 0.25) is 0 Å². The molecule has 0 saturated carbocycles. The predicted octanol–water partition coefficient (Wildman–Crippen LogP) is 1.26. The lowest BCUT2D eigenvalue weighted by atomic mass is 9.87. The van der Waals surface area contributed by atoms with E-state index in [-0.39, 0.29) is 43.5 Å². The number of hydrogen-bond donors (Lipinski definition) is 2. The highest BCUT2D eigenvalue weighted by Crippen LogP contribution is 2.35. The lowest BCUT2D eigenvalue weighted by molar-refractivity contribution is -0.202. The van der Waals surface area contributed by atoms with Gasteiger partial charge in [-0.1, -0.05) is 0 Å². The van der Waals surface area contributed by atoms with Crippen LogP contribution in [0, 0.1) is 0 Å². The van der Waals surface area contributed by atoms with Crippen molar-refractivity contribution in [3.8, 4) is 0 Å². The number of pyridine rings is 1. The third-order valence-corrected chi connectivity index (χ3v) is 7.60. The van der Waals surface area contributed by atoms with E-state index in [1.807, 2.05) is 0 Å². The number of aromatic nitrogens is 1. The van der Waals surface area contributed by atoms with Gasteiger partial charge < -0.3 is 10.6 Å². The molecule has 3 heterocycles. The minimum atomic E-state index is -4.67. The molecule has 2 aliphatic rings. The summed E-state index contributed by atoms with van der Waals surface area (Å²) in [5.41, 5.74) is 0.680. The Morgan fingerprint density at radius 2 is 2.06 bits per heavy atom. The van der Waals surface area contributed by atoms with E-state index in [2.05, 4.69) is 15.6 Å². The van der Waals surface area contributed by atoms with Crippen LogP contribution in [0.25, 0.3) is 0 Å². The van der Waals surface area contributed by atoms with Gasteiger partial charge >= 0.3 is 6.18 Å². The van der Waals surface area contributed by atoms with Crippen molar-refractivity contribution >= 4 is 27.7 Å². The molecular weight excluding hydrogens is 451 g/mol. The van der Waals surface area contributed by atoms with Crippen LogP contribution in [-0.4, -0.2) is 78.2 Å². The van der Waals surface area contributed by atoms with Gasteiger partial charge in [0.25, 0.3) is 0 Å². The minimum absolute atomic E-state index is 0.0816. The second kappa shape index (κ2) is 9.32. The Labute approximate surface area is 184 Å². The molecule has 0 aliphatic carbocycles. The van der Waals surface area contributed by atoms with Crippen LogP contribution < -0.4 is 10.6 Å². The quantitative estimate of drug-likeness (QED) is 0.661. The van der Waals surface area contributed by atoms with Crippen molar-refractivity contribution < 1.29 is 31.2 Å². The number of carbonyl (C=O) groups is 2. The summed E-state index contributed by atoms with van der Waals surface area (Å²) < 4.78 is 66.8. The van der Waals surface area contributed by atoms with Crippen molar-refractivity contribution in [1.82, 2.24) is 19.5 Å². The summed E-state index contributed by atoms with van der Waals surface area (Å²) in [5.74, 6) is -1.08. The fraction of sp³-hybridized carbons (Fsp3) is 0.632. The van der Waals surface area contributed by atoms with Crippen LogP contribution in [0.15, 0.2) is 18.3 Å². The molecule has 0 spiro atoms. The number of amides is 2. The first-order valence-electron chi connectivity index (χ1n) is 10.2. The number of carbonyl (C=O) groups excluding carboxylic acids is 2. The van der Waals surface area contributed by atoms with Gasteiger partial charge in [-0.05, 0) is 37.0 Å². The standard InChI is InChI=1S/C19H26F3N5O4S/c1-3-32(30,31)26-6-7-27(15(11-26)19(20,21)22)17-9-14(10-18(29)25-17)13-4-5-23-16(8-13)24-12(2)28/h4-5,8,14-15,17H,3,6-7,9-11H2,1-2H3,(H,25,29)(H,23,24,28). The van der Waals surface area contributed by atoms with Crippen molar-refractivity contribution in [1.29, 1.82) is 0 Å². The zero-order chi connectivity index (χ0) is 23.7. The van der Waals surface area contributed by atoms with Crippen LogP contribution in [0.5, 0.6) is 0 Å². The number of alkyl halides is 3. The van der Waals surface area contributed by atoms with E-state index in [1.165, 1.54) is 20.0 Å². The number of nitrogens with one attached hydrogen (secondary N) is 2. The third kappa shape index (κ3) is 5.56. The monoisotopic (exact) mass is 477 g/mol. The molecule has 2 N–H and O–H groups in total. The van der Waals surface area contributed by atoms with E-state index in [9.17, 15) is 31.2 Å². The molecule has 1 aromatic heterocycles. The molecule has 2 amide bonds. The maximum atomic E-state index is 13.9. The number of piperazine rings is 1. The maximum Gasteiger partial charge on any atom is 0.405 e. The first kappa shape index (κ1) is 24.4. The largest absolute Gasteiger partial charge is 0.405 e. The molecule has 3 unspecified atom stereocenters. The van der Waals surface area contributed by atoms with E-state index >= 15 is 0 Å². The van der Waals surface area contributed by atoms with Gasteiger partial charge in [-0.3, -0.25) is 14.5 Å². The van der Waals surface area contributed by atoms with Crippen LogP contribution in [0.4, 0.5) is 19.0 Å². The summed E-state index contributed by atoms with van der Waals surface area (Å²) >= 11 is 0. The Balaban J connectivity index is 1.83. The highest BCUT2D eigenvalue weighted by atomic mass is 32.2. The third-order valence-electron chi connectivity index (χ3n) is 5.75. The molecule has 13 heteroatoms. The summed E-state index contributed by atoms with van der Waals surface area (Å²) in [6, 6.07) is 1.24. The molecule has 0 aromatic carbocycles. The molecule has 0 bridgehead atoms. The van der Waals surface area contributed by atoms with Crippen molar-refractivity contribution in [2.24, 2.45) is 0 Å². The normalized spacial score (nSPS) is 25.9. The van der Waals surface area contributed by atoms with Crippen LogP contribution in [0.1, 0.15) is 38.2 Å². The highest BCUT2D eigenvalue weighted by molar-refractivity contribution is 7.89. The molecule has 2 saturated heterocycles. The van der Waals surface area contributed by atoms with Gasteiger partial charge in [0.05, 0.1) is 11.9 Å². The van der Waals surface area contributed by atoms with E-state index in [0.717, 1.165) is 9.21 Å². The molecule has 32 heavy (non-hydrogen) atoms. The molecule has 3 atom stereocenters. The summed E-state index contributed by atoms with van der Waals surface area (Å²) in [7, 11) is -3.77. The fourth-order valence-electron chi connectivity index (χ4n) is 4.17. The Bertz CT molecular complexity index is 972. The number of nitrogens with zero attached hydrogens (tertiary/aromatic N) is 3. The summed E-state index contributed by atoms with van der Waals surface area (Å²) in [6.45, 7) is 1.77. The second-order valence-corrected chi connectivity index (χ2v) is 10.2. The number of hydrogen-bond acceptors (Lipinski definition) is 6. The van der Waals surface area contributed by atoms with Gasteiger partial charge in [0, 0.05) is 39.2 Å². The maximum absolute atomic E-state index is 13.9. The first-order chi connectivity index (χ1) is 14.9. The molecular formula is C19H26F3N5O4S. The average Bonchev–Trinajstić information content (AvgIpc) is 2.72. The van der Waals surface area contributed by atoms with Crippen molar-refractivity contribution in [3.63, 3.8) is 0 Å². The summed E-state index contributed by atoms with van der Waals surface area (Å²) in [4.78, 5) is 28.8. The van der Waals surface area contributed by atoms with Gasteiger partial charge in [-0.2, -0.15) is 17.5 Å². The predicted molar refractivity (Wildman–Crippen MR) is 110 cm³/mol. The van der Waals surface area contributed by atoms with Crippen LogP contribution in [-0.2, 0) is 19.6 Å². The van der Waals surface area contributed by atoms with Gasteiger partial charge in [0.1, 0.15) is 11.9 Å². The molecule has 1 aromatic rings. The number of anilines is 1. The Hall–Kier alpha value is -2.25. The SMILES string of the molecule is CCS(=O)(=O)N1CCN(C2CC(c3ccnc(NC(C)=O)c3)CC(=O)N2)C(C(F)(F)F)C1. The average molecular weight is 478 g/mol. The number of sulfonamides is 1. The number of rotatable bonds is 5. The van der Waals surface area contributed by atoms with Crippen molar-refractivity contribution in [2.75, 3.05) is 30.7 Å². The fourth-order valence-corrected chi connectivity index (χ4v) is 5.27. The topological polar surface area (TPSA) is 112 Å². The van der Waals surface area contributed by atoms with Gasteiger partial charge in [0.2, 0.25) is 21.8 Å². The zero-order valence-electron chi connectivity index (χ0n) is 17.7. The van der Waals surface area contributed by atoms with E-state index in [4.69, 9.17) is 0 Å². The second-order valence-electron chi connectivity index (χ2n) is 7.93. The van der Waals surface area contributed by atoms with E-state index in [1.54, 1.807) is 12.1 Å². The van der Waals surface area contributed by atoms with Gasteiger partial charge in [0.15, 0.2) is 0 Å². The number of halogens is 3. The molecule has 2 aliphatic heterocycles. The van der Waals surface area contributed by atoms with Gasteiger partial charge in [-0.25, -0.2) is 13.4 Å². The first-order valence-corrected chi connectivity index (χ1v) is 11.8. The van der Waals surface area contributed by atoms with Crippen molar-refractivity contribution in [3.05, 3.63) is 23.9 Å². The lowest BCUT2D eigenvalue weighted by Gasteiger charge is -2.47. The zero-order valence-corrected chi connectivity index (χ0v) is 18.5. The van der Waals surface area contributed by atoms with E-state index < -0.39 is 40.9 Å². The Morgan fingerprint density at radius 1 is 1.34 bits per heavy atom. The smallest absolute Gasteiger partial charge is 0.341 e. The lowest BCUT2D eigenvalue weighted by Crippen LogP contribution is -2.66. The Morgan fingerprint density at radius 3 is 2.69 bits per heavy atom. The van der Waals surface area contributed by atoms with E-state index in [0.29, 0.717) is 11.4 Å². The summed E-state index contributed by atoms with van der Waals surface area (Å²) in [6.07, 6.45) is -3.82. The van der Waals surface area contributed by atoms with Crippen LogP contribution in [0.3, 0.4) is 0 Å². The Kier molecular flexibility index (Phi) is 7.10. The van der Waals surface area contributed by atoms with Crippen molar-refractivity contribution in [2.45, 2.75) is 51.0 Å². The molecule has 3 rings (SSSR count). The molecule has 9 nitrogen and oxygen atoms in total. The van der Waals surface area contributed by atoms with Gasteiger partial charge in [-0.15, -0.1) is 0 Å². The minimum Gasteiger partial charge on any atom is -0.341 e.